The van der Waals surface area contributed by atoms with Crippen LogP contribution < -0.4 is 4.84 Å². The number of aromatic nitrogens is 1. The summed E-state index contributed by atoms with van der Waals surface area (Å²) in [6.45, 7) is 8.25. The third-order valence-electron chi connectivity index (χ3n) is 2.86. The molecule has 0 saturated carbocycles. The minimum atomic E-state index is -0.470. The average molecular weight is 264 g/mol. The number of carbonyl (C=O) groups excluding carboxylic acids is 1. The van der Waals surface area contributed by atoms with Crippen LogP contribution in [0.25, 0.3) is 0 Å². The lowest BCUT2D eigenvalue weighted by Crippen LogP contribution is -2.55. The summed E-state index contributed by atoms with van der Waals surface area (Å²) in [5, 5.41) is 1.65. The molecule has 2 heterocycles. The van der Waals surface area contributed by atoms with Gasteiger partial charge < -0.3 is 9.57 Å². The first kappa shape index (κ1) is 13.8. The van der Waals surface area contributed by atoms with Crippen molar-refractivity contribution in [1.29, 1.82) is 0 Å². The molecule has 1 fully saturated rings. The number of hydroxylamine groups is 2. The highest BCUT2D eigenvalue weighted by Gasteiger charge is 2.39. The molecule has 1 aliphatic heterocycles. The molecule has 104 valence electrons. The van der Waals surface area contributed by atoms with Crippen molar-refractivity contribution in [3.8, 4) is 5.75 Å². The van der Waals surface area contributed by atoms with E-state index >= 15 is 0 Å². The summed E-state index contributed by atoms with van der Waals surface area (Å²) in [7, 11) is 0. The second-order valence-electron chi connectivity index (χ2n) is 5.71. The molecule has 5 nitrogen and oxygen atoms in total. The zero-order chi connectivity index (χ0) is 14.0. The summed E-state index contributed by atoms with van der Waals surface area (Å²) >= 11 is 0. The minimum absolute atomic E-state index is 0.236. The quantitative estimate of drug-likeness (QED) is 0.782. The highest BCUT2D eigenvalue weighted by molar-refractivity contribution is 5.77. The normalized spacial score (nSPS) is 19.7. The Labute approximate surface area is 113 Å². The van der Waals surface area contributed by atoms with Crippen LogP contribution in [0.4, 0.5) is 0 Å². The summed E-state index contributed by atoms with van der Waals surface area (Å²) in [5.41, 5.74) is 0.521. The molecule has 0 aromatic carbocycles. The standard InChI is InChI=1S/C14H20N2O3/c1-10-5-7-15-9-12(10)19-16-8-6-11(16)13(17)18-14(2,3)4/h5,7,9,11H,6,8H2,1-4H3. The second-order valence-corrected chi connectivity index (χ2v) is 5.71. The van der Waals surface area contributed by atoms with E-state index in [2.05, 4.69) is 4.98 Å². The van der Waals surface area contributed by atoms with Gasteiger partial charge in [-0.1, -0.05) is 0 Å². The predicted octanol–water partition coefficient (Wildman–Crippen LogP) is 2.10. The van der Waals surface area contributed by atoms with Crippen LogP contribution in [0.3, 0.4) is 0 Å². The number of ether oxygens (including phenoxy) is 1. The van der Waals surface area contributed by atoms with Crippen molar-refractivity contribution >= 4 is 5.97 Å². The molecule has 0 amide bonds. The number of esters is 1. The van der Waals surface area contributed by atoms with Gasteiger partial charge in [-0.25, -0.2) is 0 Å². The van der Waals surface area contributed by atoms with Crippen LogP contribution in [-0.4, -0.2) is 34.2 Å². The lowest BCUT2D eigenvalue weighted by atomic mass is 10.1. The molecule has 0 aliphatic carbocycles. The van der Waals surface area contributed by atoms with Crippen LogP contribution in [0.5, 0.6) is 5.75 Å². The fourth-order valence-corrected chi connectivity index (χ4v) is 1.75. The topological polar surface area (TPSA) is 51.7 Å². The fraction of sp³-hybridized carbons (Fsp3) is 0.571. The van der Waals surface area contributed by atoms with E-state index in [1.54, 1.807) is 17.5 Å². The number of nitrogens with zero attached hydrogens (tertiary/aromatic N) is 2. The SMILES string of the molecule is Cc1ccncc1ON1CCC1C(=O)OC(C)(C)C. The van der Waals surface area contributed by atoms with Gasteiger partial charge in [0, 0.05) is 12.7 Å². The van der Waals surface area contributed by atoms with Gasteiger partial charge in [0.25, 0.3) is 0 Å². The maximum absolute atomic E-state index is 12.0. The largest absolute Gasteiger partial charge is 0.459 e. The Balaban J connectivity index is 1.96. The molecular weight excluding hydrogens is 244 g/mol. The molecule has 19 heavy (non-hydrogen) atoms. The van der Waals surface area contributed by atoms with Gasteiger partial charge in [-0.3, -0.25) is 9.78 Å². The Morgan fingerprint density at radius 1 is 1.47 bits per heavy atom. The summed E-state index contributed by atoms with van der Waals surface area (Å²) in [5.74, 6) is 0.441. The summed E-state index contributed by atoms with van der Waals surface area (Å²) in [6, 6.07) is 1.55. The van der Waals surface area contributed by atoms with Gasteiger partial charge in [-0.15, -0.1) is 5.06 Å². The first-order valence-corrected chi connectivity index (χ1v) is 6.45. The van der Waals surface area contributed by atoms with Gasteiger partial charge in [-0.05, 0) is 45.7 Å². The van der Waals surface area contributed by atoms with Crippen LogP contribution in [0.1, 0.15) is 32.8 Å². The smallest absolute Gasteiger partial charge is 0.327 e. The lowest BCUT2D eigenvalue weighted by molar-refractivity contribution is -0.197. The van der Waals surface area contributed by atoms with E-state index in [0.29, 0.717) is 5.75 Å². The molecule has 5 heteroatoms. The highest BCUT2D eigenvalue weighted by atomic mass is 16.7. The third kappa shape index (κ3) is 3.44. The van der Waals surface area contributed by atoms with Gasteiger partial charge in [0.05, 0.1) is 6.20 Å². The van der Waals surface area contributed by atoms with Gasteiger partial charge >= 0.3 is 5.97 Å². The van der Waals surface area contributed by atoms with Crippen LogP contribution in [0, 0.1) is 6.92 Å². The van der Waals surface area contributed by atoms with Gasteiger partial charge in [0.1, 0.15) is 11.6 Å². The van der Waals surface area contributed by atoms with E-state index in [-0.39, 0.29) is 12.0 Å². The van der Waals surface area contributed by atoms with Gasteiger partial charge in [0.2, 0.25) is 0 Å². The number of rotatable bonds is 3. The number of aryl methyl sites for hydroxylation is 1. The second kappa shape index (κ2) is 5.17. The van der Waals surface area contributed by atoms with Crippen molar-refractivity contribution in [2.24, 2.45) is 0 Å². The van der Waals surface area contributed by atoms with Crippen molar-refractivity contribution in [3.63, 3.8) is 0 Å². The molecule has 2 rings (SSSR count). The first-order valence-electron chi connectivity index (χ1n) is 6.45. The number of carbonyl (C=O) groups is 1. The van der Waals surface area contributed by atoms with Crippen molar-refractivity contribution in [2.45, 2.75) is 45.8 Å². The van der Waals surface area contributed by atoms with Crippen molar-refractivity contribution in [2.75, 3.05) is 6.54 Å². The molecular formula is C14H20N2O3. The molecule has 1 atom stereocenters. The molecule has 1 unspecified atom stereocenters. The summed E-state index contributed by atoms with van der Waals surface area (Å²) in [4.78, 5) is 21.7. The Kier molecular flexibility index (Phi) is 3.75. The van der Waals surface area contributed by atoms with E-state index in [4.69, 9.17) is 9.57 Å². The first-order chi connectivity index (χ1) is 8.87. The third-order valence-corrected chi connectivity index (χ3v) is 2.86. The lowest BCUT2D eigenvalue weighted by Gasteiger charge is -2.38. The van der Waals surface area contributed by atoms with Crippen LogP contribution >= 0.6 is 0 Å². The zero-order valence-electron chi connectivity index (χ0n) is 11.8. The van der Waals surface area contributed by atoms with E-state index < -0.39 is 5.60 Å². The fourth-order valence-electron chi connectivity index (χ4n) is 1.75. The maximum atomic E-state index is 12.0. The van der Waals surface area contributed by atoms with Crippen molar-refractivity contribution in [1.82, 2.24) is 10.0 Å². The molecule has 0 N–H and O–H groups in total. The highest BCUT2D eigenvalue weighted by Crippen LogP contribution is 2.25. The summed E-state index contributed by atoms with van der Waals surface area (Å²) < 4.78 is 5.36. The molecule has 0 bridgehead atoms. The Hall–Kier alpha value is -1.62. The van der Waals surface area contributed by atoms with Crippen LogP contribution in [0.15, 0.2) is 18.5 Å². The van der Waals surface area contributed by atoms with E-state index in [9.17, 15) is 4.79 Å². The van der Waals surface area contributed by atoms with Crippen molar-refractivity contribution in [3.05, 3.63) is 24.0 Å². The van der Waals surface area contributed by atoms with E-state index in [1.807, 2.05) is 33.8 Å². The van der Waals surface area contributed by atoms with Crippen LogP contribution in [0.2, 0.25) is 0 Å². The maximum Gasteiger partial charge on any atom is 0.327 e. The molecule has 1 saturated heterocycles. The molecule has 1 aliphatic rings. The Bertz CT molecular complexity index is 468. The number of hydrogen-bond acceptors (Lipinski definition) is 5. The van der Waals surface area contributed by atoms with Crippen LogP contribution in [-0.2, 0) is 9.53 Å². The number of hydrogen-bond donors (Lipinski definition) is 0. The molecule has 0 spiro atoms. The van der Waals surface area contributed by atoms with E-state index in [1.165, 1.54) is 0 Å². The molecule has 1 aromatic rings. The average Bonchev–Trinajstić information content (AvgIpc) is 2.23. The van der Waals surface area contributed by atoms with Crippen molar-refractivity contribution < 1.29 is 14.4 Å². The van der Waals surface area contributed by atoms with Gasteiger partial charge in [-0.2, -0.15) is 0 Å². The number of pyridine rings is 1. The Morgan fingerprint density at radius 2 is 2.21 bits per heavy atom. The van der Waals surface area contributed by atoms with E-state index in [0.717, 1.165) is 18.5 Å². The monoisotopic (exact) mass is 264 g/mol. The zero-order valence-corrected chi connectivity index (χ0v) is 11.8. The molecule has 1 aromatic heterocycles. The predicted molar refractivity (Wildman–Crippen MR) is 70.6 cm³/mol. The molecule has 0 radical (unpaired) electrons. The minimum Gasteiger partial charge on any atom is -0.459 e. The summed E-state index contributed by atoms with van der Waals surface area (Å²) in [6.07, 6.45) is 4.12. The van der Waals surface area contributed by atoms with Gasteiger partial charge in [0.15, 0.2) is 5.75 Å². The Morgan fingerprint density at radius 3 is 2.74 bits per heavy atom.